The summed E-state index contributed by atoms with van der Waals surface area (Å²) in [5.74, 6) is 0. The van der Waals surface area contributed by atoms with Gasteiger partial charge in [0.1, 0.15) is 0 Å². The van der Waals surface area contributed by atoms with Gasteiger partial charge in [-0.25, -0.2) is 0 Å². The maximum absolute atomic E-state index is 3.30. The normalized spacial score (nSPS) is 10.9. The van der Waals surface area contributed by atoms with Crippen molar-refractivity contribution in [2.45, 2.75) is 83.1 Å². The van der Waals surface area contributed by atoms with Crippen molar-refractivity contribution in [1.82, 2.24) is 0 Å². The van der Waals surface area contributed by atoms with E-state index in [1.807, 2.05) is 60.7 Å². The largest absolute Gasteiger partial charge is 0.356 e. The van der Waals surface area contributed by atoms with Gasteiger partial charge in [0.15, 0.2) is 0 Å². The van der Waals surface area contributed by atoms with Crippen molar-refractivity contribution in [2.75, 3.05) is 10.2 Å². The Hall–Kier alpha value is -6.58. The second-order valence-corrected chi connectivity index (χ2v) is 17.9. The summed E-state index contributed by atoms with van der Waals surface area (Å²) in [5, 5.41) is 3.30. The monoisotopic (exact) mass is 823 g/mol. The minimum Gasteiger partial charge on any atom is -0.356 e. The Bertz CT molecular complexity index is 2450. The van der Waals surface area contributed by atoms with Gasteiger partial charge in [-0.05, 0) is 153 Å². The molecule has 0 heterocycles. The van der Waals surface area contributed by atoms with Gasteiger partial charge < -0.3 is 10.2 Å². The summed E-state index contributed by atoms with van der Waals surface area (Å²) >= 11 is 0. The zero-order chi connectivity index (χ0) is 44.9. The number of nitrogens with one attached hydrogen (secondary N) is 1. The Labute approximate surface area is 378 Å². The van der Waals surface area contributed by atoms with Crippen LogP contribution in [-0.2, 0) is 0 Å². The number of benzene rings is 8. The van der Waals surface area contributed by atoms with Crippen LogP contribution in [0.1, 0.15) is 66.8 Å². The standard InChI is InChI=1S/C48H52BN.C12H11N/c1-29-21-33(5)45(34(6)22-29)49(46-35(7)23-30(2)24-36(46)8)43-17-13-41(14-18-43)42-15-19-44(20-16-42)50(47-37(9)25-31(3)26-38(47)10)48-39(11)27-32(4)28-40(48)12;1-3-7-11(8-4-1)13-12-9-5-2-6-10-12/h13-28H,1-12H3;1-10,13H. The van der Waals surface area contributed by atoms with Gasteiger partial charge in [-0.3, -0.25) is 0 Å². The van der Waals surface area contributed by atoms with Crippen LogP contribution in [0.4, 0.5) is 28.4 Å². The number of nitrogens with zero attached hydrogens (tertiary/aromatic N) is 1. The van der Waals surface area contributed by atoms with E-state index < -0.39 is 0 Å². The van der Waals surface area contributed by atoms with Gasteiger partial charge in [0.05, 0.1) is 11.4 Å². The number of hydrogen-bond donors (Lipinski definition) is 1. The van der Waals surface area contributed by atoms with Gasteiger partial charge in [-0.15, -0.1) is 0 Å². The maximum Gasteiger partial charge on any atom is 0.242 e. The molecule has 8 aromatic carbocycles. The molecule has 0 fully saturated rings. The first kappa shape index (κ1) is 44.5. The lowest BCUT2D eigenvalue weighted by atomic mass is 9.34. The molecule has 316 valence electrons. The molecule has 0 saturated heterocycles. The highest BCUT2D eigenvalue weighted by molar-refractivity contribution is 6.96. The fourth-order valence-corrected chi connectivity index (χ4v) is 10.1. The fourth-order valence-electron chi connectivity index (χ4n) is 10.1. The van der Waals surface area contributed by atoms with E-state index in [4.69, 9.17) is 0 Å². The Morgan fingerprint density at radius 1 is 0.333 bits per heavy atom. The summed E-state index contributed by atoms with van der Waals surface area (Å²) in [5.41, 5.74) is 28.3. The molecule has 8 aromatic rings. The van der Waals surface area contributed by atoms with E-state index >= 15 is 0 Å². The molecule has 0 aromatic heterocycles. The third kappa shape index (κ3) is 10.1. The third-order valence-electron chi connectivity index (χ3n) is 12.3. The Balaban J connectivity index is 0.000000389. The van der Waals surface area contributed by atoms with Crippen LogP contribution < -0.4 is 26.6 Å². The van der Waals surface area contributed by atoms with Crippen LogP contribution in [0.25, 0.3) is 11.1 Å². The predicted octanol–water partition coefficient (Wildman–Crippen LogP) is 14.5. The number of rotatable bonds is 9. The van der Waals surface area contributed by atoms with Gasteiger partial charge in [0.25, 0.3) is 0 Å². The van der Waals surface area contributed by atoms with Crippen molar-refractivity contribution in [2.24, 2.45) is 0 Å². The highest BCUT2D eigenvalue weighted by Crippen LogP contribution is 2.43. The lowest BCUT2D eigenvalue weighted by molar-refractivity contribution is 1.16. The molecule has 0 bridgehead atoms. The van der Waals surface area contributed by atoms with Crippen molar-refractivity contribution in [3.05, 3.63) is 224 Å². The molecule has 0 saturated carbocycles. The number of hydrogen-bond acceptors (Lipinski definition) is 2. The molecule has 0 unspecified atom stereocenters. The van der Waals surface area contributed by atoms with Crippen LogP contribution in [-0.4, -0.2) is 6.71 Å². The van der Waals surface area contributed by atoms with Gasteiger partial charge in [0.2, 0.25) is 6.71 Å². The lowest BCUT2D eigenvalue weighted by Gasteiger charge is -2.32. The zero-order valence-electron chi connectivity index (χ0n) is 39.5. The summed E-state index contributed by atoms with van der Waals surface area (Å²) in [7, 11) is 0. The molecule has 0 atom stereocenters. The lowest BCUT2D eigenvalue weighted by Crippen LogP contribution is -2.55. The molecule has 0 spiro atoms. The van der Waals surface area contributed by atoms with Crippen molar-refractivity contribution in [1.29, 1.82) is 0 Å². The minimum absolute atomic E-state index is 0.170. The molecule has 0 amide bonds. The molecule has 1 N–H and O–H groups in total. The maximum atomic E-state index is 3.30. The van der Waals surface area contributed by atoms with Crippen LogP contribution in [0, 0.1) is 83.1 Å². The Morgan fingerprint density at radius 2 is 0.635 bits per heavy atom. The summed E-state index contributed by atoms with van der Waals surface area (Å²) in [6.45, 7) is 27.0. The highest BCUT2D eigenvalue weighted by Gasteiger charge is 2.28. The van der Waals surface area contributed by atoms with Gasteiger partial charge in [0, 0.05) is 17.1 Å². The average molecular weight is 823 g/mol. The van der Waals surface area contributed by atoms with Crippen LogP contribution in [0.5, 0.6) is 0 Å². The summed E-state index contributed by atoms with van der Waals surface area (Å²) in [6, 6.07) is 57.4. The van der Waals surface area contributed by atoms with Crippen LogP contribution >= 0.6 is 0 Å². The predicted molar refractivity (Wildman–Crippen MR) is 277 cm³/mol. The number of para-hydroxylation sites is 2. The molecule has 8 rings (SSSR count). The molecule has 0 aliphatic carbocycles. The van der Waals surface area contributed by atoms with Crippen LogP contribution in [0.15, 0.2) is 158 Å². The van der Waals surface area contributed by atoms with E-state index in [1.54, 1.807) is 0 Å². The number of anilines is 5. The molecular weight excluding hydrogens is 759 g/mol. The summed E-state index contributed by atoms with van der Waals surface area (Å²) in [4.78, 5) is 2.48. The van der Waals surface area contributed by atoms with Crippen LogP contribution in [0.3, 0.4) is 0 Å². The molecule has 0 aliphatic heterocycles. The van der Waals surface area contributed by atoms with E-state index in [1.165, 1.54) is 111 Å². The quantitative estimate of drug-likeness (QED) is 0.146. The molecule has 2 nitrogen and oxygen atoms in total. The second-order valence-electron chi connectivity index (χ2n) is 17.9. The summed E-state index contributed by atoms with van der Waals surface area (Å²) in [6.07, 6.45) is 0. The van der Waals surface area contributed by atoms with Crippen molar-refractivity contribution in [3.8, 4) is 11.1 Å². The van der Waals surface area contributed by atoms with Gasteiger partial charge in [-0.1, -0.05) is 182 Å². The highest BCUT2D eigenvalue weighted by atomic mass is 15.2. The minimum atomic E-state index is 0.170. The van der Waals surface area contributed by atoms with Crippen LogP contribution in [0.2, 0.25) is 0 Å². The third-order valence-corrected chi connectivity index (χ3v) is 12.3. The van der Waals surface area contributed by atoms with Gasteiger partial charge >= 0.3 is 0 Å². The topological polar surface area (TPSA) is 15.3 Å². The second kappa shape index (κ2) is 19.2. The van der Waals surface area contributed by atoms with Crippen molar-refractivity contribution < 1.29 is 0 Å². The van der Waals surface area contributed by atoms with Crippen molar-refractivity contribution >= 4 is 51.5 Å². The first-order chi connectivity index (χ1) is 30.2. The van der Waals surface area contributed by atoms with E-state index in [-0.39, 0.29) is 6.71 Å². The molecular formula is C60H63BN2. The molecule has 0 aliphatic rings. The van der Waals surface area contributed by atoms with E-state index in [9.17, 15) is 0 Å². The SMILES string of the molecule is Cc1cc(C)c(B(c2ccc(-c3ccc(N(c4c(C)cc(C)cc4C)c4c(C)cc(C)cc4C)cc3)cc2)c2c(C)cc(C)cc2C)c(C)c1.c1ccc(Nc2ccccc2)cc1. The Morgan fingerprint density at radius 3 is 0.968 bits per heavy atom. The van der Waals surface area contributed by atoms with Crippen molar-refractivity contribution in [3.63, 3.8) is 0 Å². The first-order valence-electron chi connectivity index (χ1n) is 22.4. The Kier molecular flexibility index (Phi) is 13.6. The molecule has 3 heteroatoms. The van der Waals surface area contributed by atoms with E-state index in [0.717, 1.165) is 11.4 Å². The zero-order valence-corrected chi connectivity index (χ0v) is 39.5. The van der Waals surface area contributed by atoms with E-state index in [2.05, 4.69) is 190 Å². The smallest absolute Gasteiger partial charge is 0.242 e. The average Bonchev–Trinajstić information content (AvgIpc) is 3.22. The van der Waals surface area contributed by atoms with E-state index in [0.29, 0.717) is 0 Å². The summed E-state index contributed by atoms with van der Waals surface area (Å²) < 4.78 is 0. The fraction of sp³-hybridized carbons (Fsp3) is 0.200. The first-order valence-corrected chi connectivity index (χ1v) is 22.4. The van der Waals surface area contributed by atoms with Gasteiger partial charge in [-0.2, -0.15) is 0 Å². The molecule has 0 radical (unpaired) electrons. The number of aryl methyl sites for hydroxylation is 12. The molecule has 63 heavy (non-hydrogen) atoms.